The van der Waals surface area contributed by atoms with Crippen LogP contribution in [0.4, 0.5) is 0 Å². The van der Waals surface area contributed by atoms with Crippen molar-refractivity contribution in [1.82, 2.24) is 19.9 Å². The summed E-state index contributed by atoms with van der Waals surface area (Å²) >= 11 is 5.73. The van der Waals surface area contributed by atoms with Crippen molar-refractivity contribution in [2.45, 2.75) is 13.0 Å². The molecule has 1 N–H and O–H groups in total. The molecule has 0 aliphatic carbocycles. The third-order valence-corrected chi connectivity index (χ3v) is 2.91. The topological polar surface area (TPSA) is 126 Å². The average Bonchev–Trinajstić information content (AvgIpc) is 2.93. The lowest BCUT2D eigenvalue weighted by Crippen LogP contribution is -2.28. The van der Waals surface area contributed by atoms with Crippen molar-refractivity contribution in [3.63, 3.8) is 0 Å². The Bertz CT molecular complexity index is 733. The van der Waals surface area contributed by atoms with Gasteiger partial charge in [-0.3, -0.25) is 4.98 Å². The van der Waals surface area contributed by atoms with Crippen LogP contribution in [0.25, 0.3) is 11.5 Å². The van der Waals surface area contributed by atoms with Crippen molar-refractivity contribution >= 4 is 23.5 Å². The normalized spacial score (nSPS) is 11.6. The Labute approximate surface area is 140 Å². The molecule has 0 saturated heterocycles. The van der Waals surface area contributed by atoms with Crippen LogP contribution in [0.5, 0.6) is 6.01 Å². The smallest absolute Gasteiger partial charge is 0.346 e. The fraction of sp³-hybridized carbons (Fsp3) is 0.308. The SMILES string of the molecule is COC(=O)C(C)OC(=O)COc1nc(-c2ccc(Cl)cn2)n(O)n1. The molecule has 0 aliphatic heterocycles. The summed E-state index contributed by atoms with van der Waals surface area (Å²) in [5.41, 5.74) is 0.297. The van der Waals surface area contributed by atoms with Crippen molar-refractivity contribution in [2.24, 2.45) is 0 Å². The van der Waals surface area contributed by atoms with E-state index in [0.717, 1.165) is 0 Å². The molecule has 0 fully saturated rings. The summed E-state index contributed by atoms with van der Waals surface area (Å²) in [6, 6.07) is 2.81. The predicted octanol–water partition coefficient (Wildman–Crippen LogP) is 0.714. The molecule has 0 aromatic carbocycles. The zero-order chi connectivity index (χ0) is 17.7. The molecule has 1 unspecified atom stereocenters. The molecule has 10 nitrogen and oxygen atoms in total. The summed E-state index contributed by atoms with van der Waals surface area (Å²) in [5, 5.41) is 13.7. The average molecular weight is 357 g/mol. The maximum absolute atomic E-state index is 11.5. The Balaban J connectivity index is 1.97. The van der Waals surface area contributed by atoms with Gasteiger partial charge in [0.15, 0.2) is 12.7 Å². The minimum Gasteiger partial charge on any atom is -0.466 e. The number of hydrogen-bond donors (Lipinski definition) is 1. The van der Waals surface area contributed by atoms with E-state index in [2.05, 4.69) is 19.8 Å². The summed E-state index contributed by atoms with van der Waals surface area (Å²) in [5.74, 6) is -1.52. The lowest BCUT2D eigenvalue weighted by Gasteiger charge is -2.10. The van der Waals surface area contributed by atoms with E-state index < -0.39 is 24.6 Å². The number of halogens is 1. The van der Waals surface area contributed by atoms with Gasteiger partial charge in [0.05, 0.1) is 12.1 Å². The standard InChI is InChI=1S/C13H13ClN4O6/c1-7(12(20)22-2)24-10(19)6-23-13-16-11(18(21)17-13)9-4-3-8(14)5-15-9/h3-5,7,21H,6H2,1-2H3. The summed E-state index contributed by atoms with van der Waals surface area (Å²) in [4.78, 5) is 31.0. The third kappa shape index (κ3) is 4.32. The van der Waals surface area contributed by atoms with Gasteiger partial charge in [0, 0.05) is 6.20 Å². The van der Waals surface area contributed by atoms with Crippen molar-refractivity contribution in [1.29, 1.82) is 0 Å². The molecule has 0 radical (unpaired) electrons. The molecule has 0 amide bonds. The molecule has 1 atom stereocenters. The lowest BCUT2D eigenvalue weighted by molar-refractivity contribution is -0.166. The van der Waals surface area contributed by atoms with Gasteiger partial charge in [-0.25, -0.2) is 9.59 Å². The van der Waals surface area contributed by atoms with Crippen LogP contribution in [0.15, 0.2) is 18.3 Å². The van der Waals surface area contributed by atoms with Gasteiger partial charge in [-0.1, -0.05) is 21.5 Å². The van der Waals surface area contributed by atoms with Gasteiger partial charge >= 0.3 is 17.9 Å². The Hall–Kier alpha value is -2.88. The van der Waals surface area contributed by atoms with Crippen LogP contribution < -0.4 is 4.74 Å². The Morgan fingerprint density at radius 3 is 2.79 bits per heavy atom. The molecule has 11 heteroatoms. The van der Waals surface area contributed by atoms with Gasteiger partial charge in [0.1, 0.15) is 5.69 Å². The number of carbonyl (C=O) groups is 2. The zero-order valence-corrected chi connectivity index (χ0v) is 13.4. The van der Waals surface area contributed by atoms with E-state index >= 15 is 0 Å². The van der Waals surface area contributed by atoms with Crippen molar-refractivity contribution in [3.05, 3.63) is 23.4 Å². The number of pyridine rings is 1. The molecular weight excluding hydrogens is 344 g/mol. The van der Waals surface area contributed by atoms with Crippen LogP contribution >= 0.6 is 11.6 Å². The maximum Gasteiger partial charge on any atom is 0.346 e. The Kier molecular flexibility index (Phi) is 5.53. The van der Waals surface area contributed by atoms with E-state index in [-0.39, 0.29) is 11.8 Å². The van der Waals surface area contributed by atoms with Crippen molar-refractivity contribution < 1.29 is 29.0 Å². The molecule has 0 spiro atoms. The molecule has 0 bridgehead atoms. The Morgan fingerprint density at radius 2 is 2.17 bits per heavy atom. The second-order valence-electron chi connectivity index (χ2n) is 4.41. The zero-order valence-electron chi connectivity index (χ0n) is 12.7. The van der Waals surface area contributed by atoms with Crippen molar-refractivity contribution in [3.8, 4) is 17.5 Å². The highest BCUT2D eigenvalue weighted by molar-refractivity contribution is 6.30. The number of ether oxygens (including phenoxy) is 3. The maximum atomic E-state index is 11.5. The number of esters is 2. The highest BCUT2D eigenvalue weighted by Gasteiger charge is 2.20. The lowest BCUT2D eigenvalue weighted by atomic mass is 10.3. The van der Waals surface area contributed by atoms with Crippen LogP contribution in [0.3, 0.4) is 0 Å². The number of nitrogens with zero attached hydrogens (tertiary/aromatic N) is 4. The van der Waals surface area contributed by atoms with Gasteiger partial charge in [0.25, 0.3) is 0 Å². The monoisotopic (exact) mass is 356 g/mol. The van der Waals surface area contributed by atoms with Gasteiger partial charge in [-0.15, -0.1) is 0 Å². The van der Waals surface area contributed by atoms with Gasteiger partial charge in [-0.2, -0.15) is 4.98 Å². The quantitative estimate of drug-likeness (QED) is 0.588. The van der Waals surface area contributed by atoms with Crippen LogP contribution in [0.1, 0.15) is 6.92 Å². The van der Waals surface area contributed by atoms with Crippen LogP contribution in [0.2, 0.25) is 5.02 Å². The van der Waals surface area contributed by atoms with Gasteiger partial charge in [-0.05, 0) is 19.1 Å². The number of methoxy groups -OCH3 is 1. The third-order valence-electron chi connectivity index (χ3n) is 2.69. The van der Waals surface area contributed by atoms with Gasteiger partial charge in [0.2, 0.25) is 5.82 Å². The van der Waals surface area contributed by atoms with E-state index in [1.807, 2.05) is 0 Å². The molecule has 2 rings (SSSR count). The first-order valence-corrected chi connectivity index (χ1v) is 6.97. The van der Waals surface area contributed by atoms with Crippen LogP contribution in [-0.2, 0) is 19.1 Å². The first kappa shape index (κ1) is 17.5. The van der Waals surface area contributed by atoms with E-state index in [4.69, 9.17) is 21.1 Å². The van der Waals surface area contributed by atoms with Crippen LogP contribution in [0, 0.1) is 0 Å². The molecule has 0 saturated carbocycles. The number of hydrogen-bond acceptors (Lipinski definition) is 9. The molecule has 24 heavy (non-hydrogen) atoms. The summed E-state index contributed by atoms with van der Waals surface area (Å²) in [7, 11) is 1.17. The molecular formula is C13H13ClN4O6. The summed E-state index contributed by atoms with van der Waals surface area (Å²) in [6.45, 7) is 0.799. The first-order valence-electron chi connectivity index (χ1n) is 6.59. The van der Waals surface area contributed by atoms with E-state index in [0.29, 0.717) is 15.6 Å². The van der Waals surface area contributed by atoms with Crippen molar-refractivity contribution in [2.75, 3.05) is 13.7 Å². The fourth-order valence-electron chi connectivity index (χ4n) is 1.58. The fourth-order valence-corrected chi connectivity index (χ4v) is 1.70. The second-order valence-corrected chi connectivity index (χ2v) is 4.85. The Morgan fingerprint density at radius 1 is 1.42 bits per heavy atom. The number of rotatable bonds is 6. The molecule has 2 aromatic heterocycles. The highest BCUT2D eigenvalue weighted by atomic mass is 35.5. The number of aromatic nitrogens is 4. The minimum atomic E-state index is -1.07. The minimum absolute atomic E-state index is 0.00189. The molecule has 2 heterocycles. The van der Waals surface area contributed by atoms with Crippen LogP contribution in [-0.4, -0.2) is 56.9 Å². The first-order chi connectivity index (χ1) is 11.4. The highest BCUT2D eigenvalue weighted by Crippen LogP contribution is 2.18. The van der Waals surface area contributed by atoms with E-state index in [9.17, 15) is 14.8 Å². The summed E-state index contributed by atoms with van der Waals surface area (Å²) < 4.78 is 14.2. The second kappa shape index (κ2) is 7.59. The molecule has 0 aliphatic rings. The van der Waals surface area contributed by atoms with E-state index in [1.165, 1.54) is 26.3 Å². The predicted molar refractivity (Wildman–Crippen MR) is 78.5 cm³/mol. The molecule has 2 aromatic rings. The summed E-state index contributed by atoms with van der Waals surface area (Å²) in [6.07, 6.45) is 0.306. The largest absolute Gasteiger partial charge is 0.466 e. The van der Waals surface area contributed by atoms with Gasteiger partial charge < -0.3 is 19.4 Å². The molecule has 128 valence electrons. The number of carbonyl (C=O) groups excluding carboxylic acids is 2. The van der Waals surface area contributed by atoms with E-state index in [1.54, 1.807) is 6.07 Å².